The fraction of sp³-hybridized carbons (Fsp3) is 0.655. The van der Waals surface area contributed by atoms with Crippen LogP contribution in [0, 0.1) is 17.8 Å². The molecule has 1 aromatic carbocycles. The van der Waals surface area contributed by atoms with Crippen LogP contribution < -0.4 is 15.2 Å². The Morgan fingerprint density at radius 1 is 0.872 bits per heavy atom. The summed E-state index contributed by atoms with van der Waals surface area (Å²) in [6.07, 6.45) is 1.27. The lowest BCUT2D eigenvalue weighted by molar-refractivity contribution is -0.141. The van der Waals surface area contributed by atoms with Crippen molar-refractivity contribution in [2.45, 2.75) is 98.6 Å². The van der Waals surface area contributed by atoms with E-state index in [9.17, 15) is 24.3 Å². The summed E-state index contributed by atoms with van der Waals surface area (Å²) in [6.45, 7) is 13.0. The van der Waals surface area contributed by atoms with Gasteiger partial charge in [0, 0.05) is 5.92 Å². The second-order valence-corrected chi connectivity index (χ2v) is 10.5. The summed E-state index contributed by atoms with van der Waals surface area (Å²) >= 11 is 0. The van der Waals surface area contributed by atoms with Gasteiger partial charge < -0.3 is 29.8 Å². The van der Waals surface area contributed by atoms with E-state index < -0.39 is 48.0 Å². The normalized spacial score (nSPS) is 15.0. The van der Waals surface area contributed by atoms with Crippen molar-refractivity contribution in [2.75, 3.05) is 6.61 Å². The third kappa shape index (κ3) is 11.6. The molecular formula is C29H45NO9. The van der Waals surface area contributed by atoms with Crippen molar-refractivity contribution in [3.63, 3.8) is 0 Å². The number of ether oxygens (including phenoxy) is 4. The Morgan fingerprint density at radius 2 is 1.41 bits per heavy atom. The van der Waals surface area contributed by atoms with Crippen LogP contribution in [-0.2, 0) is 23.9 Å². The highest BCUT2D eigenvalue weighted by atomic mass is 16.7. The highest BCUT2D eigenvalue weighted by Crippen LogP contribution is 2.35. The zero-order valence-corrected chi connectivity index (χ0v) is 24.2. The Morgan fingerprint density at radius 3 is 1.90 bits per heavy atom. The molecule has 0 saturated heterocycles. The molecule has 0 bridgehead atoms. The van der Waals surface area contributed by atoms with Crippen molar-refractivity contribution in [3.8, 4) is 11.5 Å². The molecule has 0 amide bonds. The van der Waals surface area contributed by atoms with Gasteiger partial charge in [0.1, 0.15) is 12.1 Å². The molecule has 0 aliphatic rings. The van der Waals surface area contributed by atoms with Crippen LogP contribution in [0.5, 0.6) is 11.5 Å². The number of hydrogen-bond acceptors (Lipinski definition) is 9. The number of carboxylic acids is 1. The molecule has 0 fully saturated rings. The summed E-state index contributed by atoms with van der Waals surface area (Å²) in [4.78, 5) is 49.3. The van der Waals surface area contributed by atoms with Gasteiger partial charge in [-0.15, -0.1) is 0 Å². The van der Waals surface area contributed by atoms with Crippen molar-refractivity contribution in [1.82, 2.24) is 0 Å². The Bertz CT molecular complexity index is 962. The molecule has 10 heteroatoms. The number of esters is 2. The molecule has 0 aliphatic carbocycles. The predicted molar refractivity (Wildman–Crippen MR) is 146 cm³/mol. The molecular weight excluding hydrogens is 506 g/mol. The second kappa shape index (κ2) is 16.7. The molecule has 1 aromatic rings. The molecule has 0 aliphatic heterocycles. The minimum Gasteiger partial charge on any atom is -0.480 e. The lowest BCUT2D eigenvalue weighted by Gasteiger charge is -2.25. The van der Waals surface area contributed by atoms with Crippen molar-refractivity contribution in [3.05, 3.63) is 23.8 Å². The molecule has 220 valence electrons. The third-order valence-electron chi connectivity index (χ3n) is 6.20. The van der Waals surface area contributed by atoms with Crippen molar-refractivity contribution in [1.29, 1.82) is 0 Å². The SMILES string of the molecule is CCCC(C)C(=O)Oc1ccc(C(CC(C)OC(=O)OCC(C)C)[C@H](N)C(=O)O)cc1OC(=O)C(C)CCC. The van der Waals surface area contributed by atoms with E-state index in [2.05, 4.69) is 0 Å². The maximum absolute atomic E-state index is 12.8. The van der Waals surface area contributed by atoms with Gasteiger partial charge in [-0.05, 0) is 49.8 Å². The Kier molecular flexibility index (Phi) is 14.5. The number of rotatable bonds is 16. The Balaban J connectivity index is 3.34. The van der Waals surface area contributed by atoms with Crippen molar-refractivity contribution >= 4 is 24.1 Å². The van der Waals surface area contributed by atoms with Crippen LogP contribution in [0.2, 0.25) is 0 Å². The summed E-state index contributed by atoms with van der Waals surface area (Å²) in [6, 6.07) is 3.13. The van der Waals surface area contributed by atoms with E-state index in [1.54, 1.807) is 26.8 Å². The quantitative estimate of drug-likeness (QED) is 0.200. The molecule has 1 rings (SSSR count). The maximum Gasteiger partial charge on any atom is 0.508 e. The van der Waals surface area contributed by atoms with E-state index in [1.807, 2.05) is 27.7 Å². The first-order valence-electron chi connectivity index (χ1n) is 13.7. The monoisotopic (exact) mass is 551 g/mol. The minimum absolute atomic E-state index is 0.00925. The first kappa shape index (κ1) is 33.9. The summed E-state index contributed by atoms with van der Waals surface area (Å²) in [5.74, 6) is -3.65. The number of carboxylic acid groups (broad SMARTS) is 1. The fourth-order valence-corrected chi connectivity index (χ4v) is 3.94. The van der Waals surface area contributed by atoms with Gasteiger partial charge in [0.25, 0.3) is 0 Å². The molecule has 4 unspecified atom stereocenters. The molecule has 5 atom stereocenters. The average molecular weight is 552 g/mol. The fourth-order valence-electron chi connectivity index (χ4n) is 3.94. The van der Waals surface area contributed by atoms with Gasteiger partial charge in [0.15, 0.2) is 11.5 Å². The lowest BCUT2D eigenvalue weighted by atomic mass is 9.87. The third-order valence-corrected chi connectivity index (χ3v) is 6.20. The molecule has 0 radical (unpaired) electrons. The average Bonchev–Trinajstić information content (AvgIpc) is 2.86. The van der Waals surface area contributed by atoms with Gasteiger partial charge in [-0.1, -0.05) is 60.5 Å². The molecule has 0 saturated carbocycles. The number of benzene rings is 1. The largest absolute Gasteiger partial charge is 0.508 e. The van der Waals surface area contributed by atoms with Crippen LogP contribution in [0.1, 0.15) is 92.1 Å². The van der Waals surface area contributed by atoms with E-state index in [0.29, 0.717) is 18.4 Å². The van der Waals surface area contributed by atoms with Crippen molar-refractivity contribution < 1.29 is 43.2 Å². The minimum atomic E-state index is -1.36. The highest BCUT2D eigenvalue weighted by Gasteiger charge is 2.31. The molecule has 0 spiro atoms. The van der Waals surface area contributed by atoms with E-state index in [1.165, 1.54) is 12.1 Å². The van der Waals surface area contributed by atoms with Gasteiger partial charge in [-0.25, -0.2) is 4.79 Å². The summed E-state index contributed by atoms with van der Waals surface area (Å²) < 4.78 is 21.6. The Labute approximate surface area is 231 Å². The number of carbonyl (C=O) groups excluding carboxylic acids is 3. The van der Waals surface area contributed by atoms with Crippen LogP contribution >= 0.6 is 0 Å². The van der Waals surface area contributed by atoms with E-state index in [0.717, 1.165) is 12.8 Å². The smallest absolute Gasteiger partial charge is 0.480 e. The number of carbonyl (C=O) groups is 4. The van der Waals surface area contributed by atoms with E-state index in [-0.39, 0.29) is 36.4 Å². The van der Waals surface area contributed by atoms with Crippen molar-refractivity contribution in [2.24, 2.45) is 23.5 Å². The van der Waals surface area contributed by atoms with Gasteiger partial charge in [0.2, 0.25) is 0 Å². The number of aliphatic carboxylic acids is 1. The summed E-state index contributed by atoms with van der Waals surface area (Å²) in [7, 11) is 0. The highest BCUT2D eigenvalue weighted by molar-refractivity contribution is 5.79. The molecule has 0 aromatic heterocycles. The van der Waals surface area contributed by atoms with Gasteiger partial charge >= 0.3 is 24.1 Å². The zero-order valence-electron chi connectivity index (χ0n) is 24.2. The molecule has 10 nitrogen and oxygen atoms in total. The van der Waals surface area contributed by atoms with Crippen LogP contribution in [0.4, 0.5) is 4.79 Å². The molecule has 3 N–H and O–H groups in total. The van der Waals surface area contributed by atoms with Gasteiger partial charge in [-0.3, -0.25) is 14.4 Å². The van der Waals surface area contributed by atoms with Gasteiger partial charge in [-0.2, -0.15) is 0 Å². The van der Waals surface area contributed by atoms with Crippen LogP contribution in [0.3, 0.4) is 0 Å². The first-order valence-corrected chi connectivity index (χ1v) is 13.7. The van der Waals surface area contributed by atoms with E-state index in [4.69, 9.17) is 24.7 Å². The zero-order chi connectivity index (χ0) is 29.7. The standard InChI is InChI=1S/C29H45NO9/c1-8-10-18(5)27(33)38-23-13-12-21(15-24(23)39-28(34)19(6)11-9-2)22(25(30)26(31)32)14-20(7)37-29(35)36-16-17(3)4/h12-13,15,17-20,22,25H,8-11,14,16,30H2,1-7H3,(H,31,32)/t18?,19?,20?,22?,25-/m0/s1. The second-order valence-electron chi connectivity index (χ2n) is 10.5. The van der Waals surface area contributed by atoms with Gasteiger partial charge in [0.05, 0.1) is 18.4 Å². The number of nitrogens with two attached hydrogens (primary N) is 1. The van der Waals surface area contributed by atoms with Crippen LogP contribution in [0.15, 0.2) is 18.2 Å². The summed E-state index contributed by atoms with van der Waals surface area (Å²) in [5.41, 5.74) is 6.46. The lowest BCUT2D eigenvalue weighted by Crippen LogP contribution is -2.38. The van der Waals surface area contributed by atoms with E-state index >= 15 is 0 Å². The first-order chi connectivity index (χ1) is 18.3. The maximum atomic E-state index is 12.8. The topological polar surface area (TPSA) is 151 Å². The van der Waals surface area contributed by atoms with Crippen LogP contribution in [0.25, 0.3) is 0 Å². The van der Waals surface area contributed by atoms with Crippen LogP contribution in [-0.4, -0.2) is 47.9 Å². The number of hydrogen-bond donors (Lipinski definition) is 2. The Hall–Kier alpha value is -3.14. The molecule has 0 heterocycles. The predicted octanol–water partition coefficient (Wildman–Crippen LogP) is 5.45. The molecule has 39 heavy (non-hydrogen) atoms. The summed E-state index contributed by atoms with van der Waals surface area (Å²) in [5, 5.41) is 9.67.